The standard InChI is InChI=1S/C8H9BrN4O2S3/c1-13(3-5-2-6(9)16-4-5)18(14,15)8-12-11-7(10)17-8/h2,4H,3H2,1H3,(H2,10,11). The Morgan fingerprint density at radius 3 is 2.72 bits per heavy atom. The summed E-state index contributed by atoms with van der Waals surface area (Å²) in [5.74, 6) is 0. The normalized spacial score (nSPS) is 12.2. The molecule has 0 aromatic carbocycles. The van der Waals surface area contributed by atoms with E-state index in [2.05, 4.69) is 26.1 Å². The van der Waals surface area contributed by atoms with E-state index >= 15 is 0 Å². The van der Waals surface area contributed by atoms with Crippen LogP contribution in [0.4, 0.5) is 5.13 Å². The van der Waals surface area contributed by atoms with Crippen LogP contribution in [0.3, 0.4) is 0 Å². The monoisotopic (exact) mass is 368 g/mol. The topological polar surface area (TPSA) is 89.2 Å². The molecule has 0 aliphatic carbocycles. The number of nitrogens with zero attached hydrogens (tertiary/aromatic N) is 3. The van der Waals surface area contributed by atoms with Crippen molar-refractivity contribution in [1.82, 2.24) is 14.5 Å². The van der Waals surface area contributed by atoms with Crippen LogP contribution in [0.15, 0.2) is 19.6 Å². The minimum Gasteiger partial charge on any atom is -0.374 e. The van der Waals surface area contributed by atoms with Crippen molar-refractivity contribution >= 4 is 53.8 Å². The van der Waals surface area contributed by atoms with Gasteiger partial charge in [0.15, 0.2) is 0 Å². The van der Waals surface area contributed by atoms with Crippen LogP contribution in [0.5, 0.6) is 0 Å². The molecule has 0 atom stereocenters. The summed E-state index contributed by atoms with van der Waals surface area (Å²) in [7, 11) is -2.12. The lowest BCUT2D eigenvalue weighted by Crippen LogP contribution is -2.26. The van der Waals surface area contributed by atoms with Gasteiger partial charge in [-0.3, -0.25) is 0 Å². The van der Waals surface area contributed by atoms with Crippen molar-refractivity contribution in [3.8, 4) is 0 Å². The zero-order chi connectivity index (χ0) is 13.3. The van der Waals surface area contributed by atoms with Gasteiger partial charge >= 0.3 is 0 Å². The summed E-state index contributed by atoms with van der Waals surface area (Å²) < 4.78 is 26.4. The smallest absolute Gasteiger partial charge is 0.272 e. The first-order chi connectivity index (χ1) is 8.39. The quantitative estimate of drug-likeness (QED) is 0.887. The fourth-order valence-corrected chi connectivity index (χ4v) is 4.56. The van der Waals surface area contributed by atoms with E-state index in [9.17, 15) is 8.42 Å². The first-order valence-electron chi connectivity index (χ1n) is 4.68. The summed E-state index contributed by atoms with van der Waals surface area (Å²) in [5.41, 5.74) is 6.30. The summed E-state index contributed by atoms with van der Waals surface area (Å²) >= 11 is 5.70. The lowest BCUT2D eigenvalue weighted by molar-refractivity contribution is 0.466. The van der Waals surface area contributed by atoms with E-state index < -0.39 is 10.0 Å². The van der Waals surface area contributed by atoms with E-state index in [4.69, 9.17) is 5.73 Å². The fraction of sp³-hybridized carbons (Fsp3) is 0.250. The number of hydrogen-bond acceptors (Lipinski definition) is 7. The average Bonchev–Trinajstić information content (AvgIpc) is 2.88. The largest absolute Gasteiger partial charge is 0.374 e. The highest BCUT2D eigenvalue weighted by atomic mass is 79.9. The molecule has 2 aromatic rings. The Kier molecular flexibility index (Phi) is 4.02. The van der Waals surface area contributed by atoms with Crippen LogP contribution in [-0.4, -0.2) is 30.0 Å². The molecule has 2 heterocycles. The van der Waals surface area contributed by atoms with Crippen molar-refractivity contribution in [2.45, 2.75) is 10.9 Å². The number of aromatic nitrogens is 2. The number of sulfonamides is 1. The maximum Gasteiger partial charge on any atom is 0.272 e. The molecule has 0 bridgehead atoms. The number of rotatable bonds is 4. The molecule has 0 amide bonds. The summed E-state index contributed by atoms with van der Waals surface area (Å²) in [4.78, 5) is 0. The Bertz CT molecular complexity index is 651. The van der Waals surface area contributed by atoms with Gasteiger partial charge in [-0.2, -0.15) is 4.31 Å². The number of nitrogens with two attached hydrogens (primary N) is 1. The molecule has 0 aliphatic heterocycles. The number of nitrogen functional groups attached to an aromatic ring is 1. The van der Waals surface area contributed by atoms with Crippen molar-refractivity contribution in [1.29, 1.82) is 0 Å². The van der Waals surface area contributed by atoms with Crippen LogP contribution in [0.25, 0.3) is 0 Å². The van der Waals surface area contributed by atoms with E-state index in [0.717, 1.165) is 20.7 Å². The Balaban J connectivity index is 2.20. The molecule has 0 saturated heterocycles. The first kappa shape index (κ1) is 13.9. The van der Waals surface area contributed by atoms with Gasteiger partial charge in [-0.1, -0.05) is 11.3 Å². The molecule has 18 heavy (non-hydrogen) atoms. The van der Waals surface area contributed by atoms with Crippen LogP contribution in [0.2, 0.25) is 0 Å². The highest BCUT2D eigenvalue weighted by Gasteiger charge is 2.25. The van der Waals surface area contributed by atoms with Crippen molar-refractivity contribution in [2.75, 3.05) is 12.8 Å². The van der Waals surface area contributed by atoms with Crippen molar-refractivity contribution in [3.63, 3.8) is 0 Å². The second-order valence-corrected chi connectivity index (χ2v) is 8.94. The van der Waals surface area contributed by atoms with Gasteiger partial charge in [0, 0.05) is 13.6 Å². The minimum atomic E-state index is -3.62. The average molecular weight is 369 g/mol. The summed E-state index contributed by atoms with van der Waals surface area (Å²) in [6, 6.07) is 1.88. The van der Waals surface area contributed by atoms with Gasteiger partial charge in [0.05, 0.1) is 3.79 Å². The molecule has 0 fully saturated rings. The third kappa shape index (κ3) is 2.88. The van der Waals surface area contributed by atoms with Crippen molar-refractivity contribution in [3.05, 3.63) is 20.8 Å². The molecular weight excluding hydrogens is 360 g/mol. The van der Waals surface area contributed by atoms with Crippen LogP contribution in [0, 0.1) is 0 Å². The van der Waals surface area contributed by atoms with Crippen molar-refractivity contribution in [2.24, 2.45) is 0 Å². The summed E-state index contributed by atoms with van der Waals surface area (Å²) in [6.45, 7) is 0.282. The third-order valence-corrected chi connectivity index (χ3v) is 6.53. The number of anilines is 1. The van der Waals surface area contributed by atoms with Gasteiger partial charge < -0.3 is 5.73 Å². The molecule has 2 N–H and O–H groups in total. The lowest BCUT2D eigenvalue weighted by Gasteiger charge is -2.13. The van der Waals surface area contributed by atoms with Crippen LogP contribution in [-0.2, 0) is 16.6 Å². The van der Waals surface area contributed by atoms with Crippen LogP contribution >= 0.6 is 38.6 Å². The van der Waals surface area contributed by atoms with Gasteiger partial charge in [0.1, 0.15) is 0 Å². The van der Waals surface area contributed by atoms with Crippen molar-refractivity contribution < 1.29 is 8.42 Å². The Morgan fingerprint density at radius 1 is 1.50 bits per heavy atom. The zero-order valence-corrected chi connectivity index (χ0v) is 13.2. The van der Waals surface area contributed by atoms with E-state index in [1.54, 1.807) is 0 Å². The molecule has 2 rings (SSSR count). The Labute approximate surface area is 121 Å². The van der Waals surface area contributed by atoms with E-state index in [-0.39, 0.29) is 16.0 Å². The second-order valence-electron chi connectivity index (χ2n) is 3.43. The highest BCUT2D eigenvalue weighted by molar-refractivity contribution is 9.11. The maximum absolute atomic E-state index is 12.1. The number of halogens is 1. The SMILES string of the molecule is CN(Cc1csc(Br)c1)S(=O)(=O)c1nnc(N)s1. The first-order valence-corrected chi connectivity index (χ1v) is 8.61. The highest BCUT2D eigenvalue weighted by Crippen LogP contribution is 2.25. The van der Waals surface area contributed by atoms with Crippen LogP contribution < -0.4 is 5.73 Å². The summed E-state index contributed by atoms with van der Waals surface area (Å²) in [6.07, 6.45) is 0. The Hall–Kier alpha value is -0.550. The maximum atomic E-state index is 12.1. The van der Waals surface area contributed by atoms with E-state index in [1.165, 1.54) is 22.7 Å². The summed E-state index contributed by atoms with van der Waals surface area (Å²) in [5, 5.41) is 9.11. The Morgan fingerprint density at radius 2 is 2.22 bits per heavy atom. The number of thiophene rings is 1. The van der Waals surface area contributed by atoms with Gasteiger partial charge in [-0.05, 0) is 32.9 Å². The molecule has 6 nitrogen and oxygen atoms in total. The minimum absolute atomic E-state index is 0.0863. The van der Waals surface area contributed by atoms with Gasteiger partial charge in [-0.15, -0.1) is 21.5 Å². The van der Waals surface area contributed by atoms with E-state index in [0.29, 0.717) is 0 Å². The molecule has 2 aromatic heterocycles. The molecular formula is C8H9BrN4O2S3. The number of hydrogen-bond donors (Lipinski definition) is 1. The third-order valence-electron chi connectivity index (χ3n) is 2.08. The van der Waals surface area contributed by atoms with Gasteiger partial charge in [-0.25, -0.2) is 8.42 Å². The second kappa shape index (κ2) is 5.21. The molecule has 0 radical (unpaired) electrons. The molecule has 98 valence electrons. The molecule has 0 unspecified atom stereocenters. The lowest BCUT2D eigenvalue weighted by atomic mass is 10.3. The van der Waals surface area contributed by atoms with E-state index in [1.807, 2.05) is 11.4 Å². The molecule has 0 saturated carbocycles. The molecule has 0 spiro atoms. The predicted octanol–water partition coefficient (Wildman–Crippen LogP) is 1.76. The zero-order valence-electron chi connectivity index (χ0n) is 9.20. The van der Waals surface area contributed by atoms with Gasteiger partial charge in [0.25, 0.3) is 10.0 Å². The van der Waals surface area contributed by atoms with Crippen LogP contribution in [0.1, 0.15) is 5.56 Å². The fourth-order valence-electron chi connectivity index (χ4n) is 1.23. The molecule has 0 aliphatic rings. The predicted molar refractivity (Wildman–Crippen MR) is 75.0 cm³/mol. The molecule has 10 heteroatoms. The van der Waals surface area contributed by atoms with Gasteiger partial charge in [0.2, 0.25) is 9.47 Å².